The molecule has 2 rings (SSSR count). The van der Waals surface area contributed by atoms with Crippen LogP contribution in [0.5, 0.6) is 0 Å². The minimum atomic E-state index is 0.456. The smallest absolute Gasteiger partial charge is 0.206 e. The van der Waals surface area contributed by atoms with Crippen LogP contribution in [0.15, 0.2) is 3.92 Å². The van der Waals surface area contributed by atoms with E-state index >= 15 is 0 Å². The molecule has 0 radical (unpaired) electrons. The van der Waals surface area contributed by atoms with Crippen LogP contribution in [0.3, 0.4) is 0 Å². The fourth-order valence-electron chi connectivity index (χ4n) is 1.54. The third kappa shape index (κ3) is 2.23. The molecule has 1 fully saturated rings. The van der Waals surface area contributed by atoms with Crippen molar-refractivity contribution in [3.8, 4) is 0 Å². The fraction of sp³-hybridized carbons (Fsp3) is 0.750. The highest BCUT2D eigenvalue weighted by molar-refractivity contribution is 9.11. The first kappa shape index (κ1) is 10.7. The van der Waals surface area contributed by atoms with Gasteiger partial charge in [-0.1, -0.05) is 17.8 Å². The highest BCUT2D eigenvalue weighted by Gasteiger charge is 2.35. The van der Waals surface area contributed by atoms with Gasteiger partial charge >= 0.3 is 0 Å². The lowest BCUT2D eigenvalue weighted by molar-refractivity contribution is 0.380. The van der Waals surface area contributed by atoms with Gasteiger partial charge in [-0.05, 0) is 35.0 Å². The van der Waals surface area contributed by atoms with E-state index in [1.807, 2.05) is 11.8 Å². The van der Waals surface area contributed by atoms with Crippen LogP contribution in [0.2, 0.25) is 0 Å². The standard InChI is InChI=1S/C8H12BrN3S2/c1-13-8(3-2-4-8)5-10-7-12-11-6(9)14-7/h2-5H2,1H3,(H,10,12). The van der Waals surface area contributed by atoms with E-state index in [1.165, 1.54) is 19.3 Å². The molecule has 1 aliphatic rings. The first-order valence-electron chi connectivity index (χ1n) is 4.52. The van der Waals surface area contributed by atoms with Crippen LogP contribution < -0.4 is 5.32 Å². The van der Waals surface area contributed by atoms with Gasteiger partial charge in [0.25, 0.3) is 0 Å². The molecule has 1 aliphatic carbocycles. The Morgan fingerprint density at radius 1 is 1.57 bits per heavy atom. The maximum atomic E-state index is 4.01. The van der Waals surface area contributed by atoms with Crippen LogP contribution >= 0.6 is 39.0 Å². The van der Waals surface area contributed by atoms with Crippen molar-refractivity contribution >= 4 is 44.2 Å². The van der Waals surface area contributed by atoms with Gasteiger partial charge in [0.05, 0.1) is 0 Å². The van der Waals surface area contributed by atoms with E-state index in [-0.39, 0.29) is 0 Å². The zero-order chi connectivity index (χ0) is 10.0. The predicted molar refractivity (Wildman–Crippen MR) is 66.2 cm³/mol. The van der Waals surface area contributed by atoms with Gasteiger partial charge in [0.1, 0.15) is 0 Å². The van der Waals surface area contributed by atoms with E-state index in [2.05, 4.69) is 37.7 Å². The third-order valence-electron chi connectivity index (χ3n) is 2.66. The molecular weight excluding hydrogens is 282 g/mol. The van der Waals surface area contributed by atoms with Crippen LogP contribution in [0, 0.1) is 0 Å². The number of aromatic nitrogens is 2. The fourth-order valence-corrected chi connectivity index (χ4v) is 3.46. The molecule has 6 heteroatoms. The number of thioether (sulfide) groups is 1. The monoisotopic (exact) mass is 293 g/mol. The Labute approximate surface area is 100 Å². The zero-order valence-corrected chi connectivity index (χ0v) is 11.1. The maximum Gasteiger partial charge on any atom is 0.206 e. The topological polar surface area (TPSA) is 37.8 Å². The second-order valence-corrected chi connectivity index (χ2v) is 6.98. The lowest BCUT2D eigenvalue weighted by atomic mass is 9.84. The molecule has 3 nitrogen and oxygen atoms in total. The van der Waals surface area contributed by atoms with Crippen LogP contribution in [0.4, 0.5) is 5.13 Å². The molecule has 0 unspecified atom stereocenters. The van der Waals surface area contributed by atoms with E-state index in [9.17, 15) is 0 Å². The number of nitrogens with one attached hydrogen (secondary N) is 1. The van der Waals surface area contributed by atoms with Crippen molar-refractivity contribution in [3.63, 3.8) is 0 Å². The Hall–Kier alpha value is 0.190. The van der Waals surface area contributed by atoms with Gasteiger partial charge in [0, 0.05) is 11.3 Å². The largest absolute Gasteiger partial charge is 0.359 e. The molecule has 1 aromatic rings. The Bertz CT molecular complexity index is 306. The average molecular weight is 294 g/mol. The summed E-state index contributed by atoms with van der Waals surface area (Å²) in [6.07, 6.45) is 6.20. The first-order valence-corrected chi connectivity index (χ1v) is 7.36. The molecule has 14 heavy (non-hydrogen) atoms. The van der Waals surface area contributed by atoms with Crippen molar-refractivity contribution in [2.24, 2.45) is 0 Å². The van der Waals surface area contributed by atoms with Crippen molar-refractivity contribution in [3.05, 3.63) is 3.92 Å². The summed E-state index contributed by atoms with van der Waals surface area (Å²) in [4.78, 5) is 0. The van der Waals surface area contributed by atoms with E-state index in [0.29, 0.717) is 4.75 Å². The second kappa shape index (κ2) is 4.37. The Morgan fingerprint density at radius 3 is 2.79 bits per heavy atom. The number of anilines is 1. The van der Waals surface area contributed by atoms with Crippen molar-refractivity contribution in [2.75, 3.05) is 18.1 Å². The number of halogens is 1. The van der Waals surface area contributed by atoms with Gasteiger partial charge in [-0.15, -0.1) is 10.2 Å². The number of nitrogens with zero attached hydrogens (tertiary/aromatic N) is 2. The molecule has 1 aromatic heterocycles. The Balaban J connectivity index is 1.87. The molecule has 78 valence electrons. The third-order valence-corrected chi connectivity index (χ3v) is 5.39. The van der Waals surface area contributed by atoms with Crippen LogP contribution in [-0.4, -0.2) is 27.7 Å². The van der Waals surface area contributed by atoms with Crippen LogP contribution in [0.1, 0.15) is 19.3 Å². The zero-order valence-electron chi connectivity index (χ0n) is 7.92. The Kier molecular flexibility index (Phi) is 3.34. The van der Waals surface area contributed by atoms with Gasteiger partial charge in [-0.25, -0.2) is 0 Å². The lowest BCUT2D eigenvalue weighted by Gasteiger charge is -2.40. The molecule has 0 spiro atoms. The van der Waals surface area contributed by atoms with E-state index in [1.54, 1.807) is 11.3 Å². The number of rotatable bonds is 4. The van der Waals surface area contributed by atoms with Crippen LogP contribution in [0.25, 0.3) is 0 Å². The van der Waals surface area contributed by atoms with Gasteiger partial charge < -0.3 is 5.32 Å². The summed E-state index contributed by atoms with van der Waals surface area (Å²) in [7, 11) is 0. The van der Waals surface area contributed by atoms with Crippen molar-refractivity contribution in [1.29, 1.82) is 0 Å². The van der Waals surface area contributed by atoms with Gasteiger partial charge in [-0.2, -0.15) is 11.8 Å². The summed E-state index contributed by atoms with van der Waals surface area (Å²) in [5, 5.41) is 12.2. The molecular formula is C8H12BrN3S2. The van der Waals surface area contributed by atoms with Gasteiger partial charge in [-0.3, -0.25) is 0 Å². The highest BCUT2D eigenvalue weighted by Crippen LogP contribution is 2.42. The molecule has 0 saturated heterocycles. The predicted octanol–water partition coefficient (Wildman–Crippen LogP) is 3.00. The maximum absolute atomic E-state index is 4.01. The minimum Gasteiger partial charge on any atom is -0.359 e. The summed E-state index contributed by atoms with van der Waals surface area (Å²) in [6, 6.07) is 0. The highest BCUT2D eigenvalue weighted by atomic mass is 79.9. The lowest BCUT2D eigenvalue weighted by Crippen LogP contribution is -2.40. The molecule has 0 amide bonds. The summed E-state index contributed by atoms with van der Waals surface area (Å²) >= 11 is 6.82. The molecule has 1 saturated carbocycles. The molecule has 0 aliphatic heterocycles. The van der Waals surface area contributed by atoms with Crippen molar-refractivity contribution in [2.45, 2.75) is 24.0 Å². The van der Waals surface area contributed by atoms with Crippen molar-refractivity contribution < 1.29 is 0 Å². The molecule has 1 N–H and O–H groups in total. The van der Waals surface area contributed by atoms with Gasteiger partial charge in [0.2, 0.25) is 5.13 Å². The summed E-state index contributed by atoms with van der Waals surface area (Å²) in [5.41, 5.74) is 0. The molecule has 0 aromatic carbocycles. The van der Waals surface area contributed by atoms with E-state index in [0.717, 1.165) is 15.6 Å². The number of hydrogen-bond acceptors (Lipinski definition) is 5. The van der Waals surface area contributed by atoms with Crippen LogP contribution in [-0.2, 0) is 0 Å². The second-order valence-electron chi connectivity index (χ2n) is 3.45. The Morgan fingerprint density at radius 2 is 2.36 bits per heavy atom. The summed E-state index contributed by atoms with van der Waals surface area (Å²) in [6.45, 7) is 1.01. The van der Waals surface area contributed by atoms with E-state index in [4.69, 9.17) is 0 Å². The van der Waals surface area contributed by atoms with Crippen molar-refractivity contribution in [1.82, 2.24) is 10.2 Å². The van der Waals surface area contributed by atoms with E-state index < -0.39 is 0 Å². The van der Waals surface area contributed by atoms with Gasteiger partial charge in [0.15, 0.2) is 3.92 Å². The molecule has 0 atom stereocenters. The number of hydrogen-bond donors (Lipinski definition) is 1. The molecule has 1 heterocycles. The molecule has 0 bridgehead atoms. The summed E-state index contributed by atoms with van der Waals surface area (Å²) < 4.78 is 1.30. The normalized spacial score (nSPS) is 19.0. The SMILES string of the molecule is CSC1(CNc2nnc(Br)s2)CCC1. The average Bonchev–Trinajstić information content (AvgIpc) is 2.50. The minimum absolute atomic E-state index is 0.456. The quantitative estimate of drug-likeness (QED) is 0.926. The summed E-state index contributed by atoms with van der Waals surface area (Å²) in [5.74, 6) is 0. The first-order chi connectivity index (χ1) is 6.74.